The molecule has 5 rings (SSSR count). The number of hydrogen-bond acceptors (Lipinski definition) is 7. The number of pyridine rings is 1. The number of benzene rings is 1. The molecule has 1 aromatic heterocycles. The van der Waals surface area contributed by atoms with Crippen LogP contribution in [0.1, 0.15) is 76.1 Å². The maximum absolute atomic E-state index is 13.5. The summed E-state index contributed by atoms with van der Waals surface area (Å²) in [5, 5.41) is 15.9. The van der Waals surface area contributed by atoms with E-state index >= 15 is 0 Å². The third-order valence-corrected chi connectivity index (χ3v) is 10.7. The van der Waals surface area contributed by atoms with Gasteiger partial charge in [-0.3, -0.25) is 4.79 Å². The Morgan fingerprint density at radius 1 is 1.08 bits per heavy atom. The first-order chi connectivity index (χ1) is 17.9. The van der Waals surface area contributed by atoms with Gasteiger partial charge in [-0.05, 0) is 93.5 Å². The van der Waals surface area contributed by atoms with Crippen LogP contribution >= 0.6 is 0 Å². The molecule has 0 radical (unpaired) electrons. The predicted molar refractivity (Wildman–Crippen MR) is 151 cm³/mol. The van der Waals surface area contributed by atoms with Crippen LogP contribution < -0.4 is 15.5 Å². The molecule has 0 unspecified atom stereocenters. The van der Waals surface area contributed by atoms with E-state index in [1.807, 2.05) is 20.8 Å². The van der Waals surface area contributed by atoms with Crippen LogP contribution in [0.15, 0.2) is 41.3 Å². The summed E-state index contributed by atoms with van der Waals surface area (Å²) in [7, 11) is -3.46. The zero-order valence-electron chi connectivity index (χ0n) is 22.7. The van der Waals surface area contributed by atoms with Gasteiger partial charge in [-0.1, -0.05) is 19.4 Å². The van der Waals surface area contributed by atoms with E-state index in [-0.39, 0.29) is 28.6 Å². The van der Waals surface area contributed by atoms with Crippen molar-refractivity contribution in [3.63, 3.8) is 0 Å². The molecular weight excluding hydrogens is 500 g/mol. The lowest BCUT2D eigenvalue weighted by Gasteiger charge is -2.37. The van der Waals surface area contributed by atoms with Crippen LogP contribution in [-0.4, -0.2) is 55.4 Å². The number of aliphatic hydroxyl groups is 1. The molecule has 1 aromatic carbocycles. The van der Waals surface area contributed by atoms with Crippen molar-refractivity contribution in [1.82, 2.24) is 4.98 Å². The zero-order valence-corrected chi connectivity index (χ0v) is 23.5. The largest absolute Gasteiger partial charge is 0.394 e. The average molecular weight is 541 g/mol. The number of carbonyl (C=O) groups excluding carboxylic acids is 1. The summed E-state index contributed by atoms with van der Waals surface area (Å²) in [6.45, 7) is 7.42. The van der Waals surface area contributed by atoms with Gasteiger partial charge in [0.05, 0.1) is 28.4 Å². The van der Waals surface area contributed by atoms with Gasteiger partial charge in [0.2, 0.25) is 0 Å². The summed E-state index contributed by atoms with van der Waals surface area (Å²) >= 11 is 0. The molecule has 9 heteroatoms. The van der Waals surface area contributed by atoms with Crippen molar-refractivity contribution >= 4 is 33.1 Å². The van der Waals surface area contributed by atoms with Crippen LogP contribution in [0, 0.1) is 10.8 Å². The minimum absolute atomic E-state index is 0.0586. The highest BCUT2D eigenvalue weighted by Gasteiger charge is 2.45. The van der Waals surface area contributed by atoms with E-state index < -0.39 is 15.4 Å². The van der Waals surface area contributed by atoms with E-state index in [4.69, 9.17) is 4.98 Å². The first kappa shape index (κ1) is 26.9. The molecule has 3 aliphatic rings. The second kappa shape index (κ2) is 9.83. The summed E-state index contributed by atoms with van der Waals surface area (Å²) in [5.41, 5.74) is 0.651. The highest BCUT2D eigenvalue weighted by Crippen LogP contribution is 2.54. The number of rotatable bonds is 9. The predicted octanol–water partition coefficient (Wildman–Crippen LogP) is 4.86. The fourth-order valence-electron chi connectivity index (χ4n) is 5.62. The van der Waals surface area contributed by atoms with Crippen molar-refractivity contribution in [2.24, 2.45) is 10.8 Å². The van der Waals surface area contributed by atoms with Gasteiger partial charge >= 0.3 is 0 Å². The quantitative estimate of drug-likeness (QED) is 0.416. The standard InChI is InChI=1S/C29H40N4O4S/c1-27(2,19-34)32-24-9-8-23(25(31-24)33-16-14-29(12-13-29)15-17-33)26(35)30-21-6-4-7-22(18-21)38(36,37)20-28(3)10-5-11-28/h4,6-9,18,34H,5,10-17,19-20H2,1-3H3,(H,30,35)(H,31,32). The third-order valence-electron chi connectivity index (χ3n) is 8.61. The second-order valence-electron chi connectivity index (χ2n) is 12.6. The summed E-state index contributed by atoms with van der Waals surface area (Å²) < 4.78 is 26.2. The third kappa shape index (κ3) is 5.83. The molecule has 0 atom stereocenters. The van der Waals surface area contributed by atoms with Gasteiger partial charge in [0.15, 0.2) is 9.84 Å². The lowest BCUT2D eigenvalue weighted by molar-refractivity contribution is 0.102. The van der Waals surface area contributed by atoms with Crippen LogP contribution in [0.3, 0.4) is 0 Å². The topological polar surface area (TPSA) is 112 Å². The smallest absolute Gasteiger partial charge is 0.259 e. The van der Waals surface area contributed by atoms with E-state index in [1.54, 1.807) is 36.4 Å². The van der Waals surface area contributed by atoms with E-state index in [0.29, 0.717) is 28.3 Å². The monoisotopic (exact) mass is 540 g/mol. The van der Waals surface area contributed by atoms with Crippen molar-refractivity contribution in [2.45, 2.75) is 76.2 Å². The van der Waals surface area contributed by atoms with E-state index in [2.05, 4.69) is 15.5 Å². The molecule has 1 spiro atoms. The Morgan fingerprint density at radius 3 is 2.39 bits per heavy atom. The summed E-state index contributed by atoms with van der Waals surface area (Å²) in [6.07, 6.45) is 7.68. The first-order valence-corrected chi connectivity index (χ1v) is 15.4. The lowest BCUT2D eigenvalue weighted by Crippen LogP contribution is -2.38. The number of aromatic nitrogens is 1. The van der Waals surface area contributed by atoms with Gasteiger partial charge in [0, 0.05) is 18.8 Å². The molecule has 1 saturated heterocycles. The van der Waals surface area contributed by atoms with E-state index in [9.17, 15) is 18.3 Å². The number of amides is 1. The Labute approximate surface area is 226 Å². The number of nitrogens with zero attached hydrogens (tertiary/aromatic N) is 2. The second-order valence-corrected chi connectivity index (χ2v) is 14.6. The number of aliphatic hydroxyl groups excluding tert-OH is 1. The van der Waals surface area contributed by atoms with Gasteiger partial charge in [0.1, 0.15) is 11.6 Å². The van der Waals surface area contributed by atoms with Gasteiger partial charge in [-0.2, -0.15) is 0 Å². The Bertz CT molecular complexity index is 1310. The van der Waals surface area contributed by atoms with Crippen molar-refractivity contribution in [2.75, 3.05) is 41.0 Å². The summed E-state index contributed by atoms with van der Waals surface area (Å²) in [5.74, 6) is 1.01. The molecule has 0 bridgehead atoms. The van der Waals surface area contributed by atoms with Gasteiger partial charge in [-0.25, -0.2) is 13.4 Å². The number of anilines is 3. The molecule has 38 heavy (non-hydrogen) atoms. The maximum Gasteiger partial charge on any atom is 0.259 e. The molecule has 206 valence electrons. The molecule has 2 aromatic rings. The molecule has 2 saturated carbocycles. The maximum atomic E-state index is 13.5. The molecule has 3 N–H and O–H groups in total. The average Bonchev–Trinajstić information content (AvgIpc) is 3.62. The highest BCUT2D eigenvalue weighted by atomic mass is 32.2. The summed E-state index contributed by atoms with van der Waals surface area (Å²) in [6, 6.07) is 10.1. The lowest BCUT2D eigenvalue weighted by atomic mass is 9.72. The molecule has 1 amide bonds. The number of nitrogens with one attached hydrogen (secondary N) is 2. The number of carbonyl (C=O) groups is 1. The van der Waals surface area contributed by atoms with Crippen LogP contribution in [0.25, 0.3) is 0 Å². The van der Waals surface area contributed by atoms with Crippen molar-refractivity contribution in [3.05, 3.63) is 42.0 Å². The van der Waals surface area contributed by atoms with Crippen LogP contribution in [0.5, 0.6) is 0 Å². The molecular formula is C29H40N4O4S. The fourth-order valence-corrected chi connectivity index (χ4v) is 7.59. The molecule has 1 aliphatic heterocycles. The van der Waals surface area contributed by atoms with Gasteiger partial charge in [-0.15, -0.1) is 0 Å². The first-order valence-electron chi connectivity index (χ1n) is 13.7. The fraction of sp³-hybridized carbons (Fsp3) is 0.586. The number of piperidine rings is 1. The van der Waals surface area contributed by atoms with E-state index in [0.717, 1.165) is 45.2 Å². The van der Waals surface area contributed by atoms with Crippen molar-refractivity contribution in [1.29, 1.82) is 0 Å². The van der Waals surface area contributed by atoms with Crippen LogP contribution in [0.2, 0.25) is 0 Å². The Balaban J connectivity index is 1.38. The number of hydrogen-bond donors (Lipinski definition) is 3. The van der Waals surface area contributed by atoms with Crippen LogP contribution in [0.4, 0.5) is 17.3 Å². The molecule has 3 fully saturated rings. The normalized spacial score (nSPS) is 20.1. The van der Waals surface area contributed by atoms with Crippen LogP contribution in [-0.2, 0) is 9.84 Å². The Hall–Kier alpha value is -2.65. The SMILES string of the molecule is CC1(CS(=O)(=O)c2cccc(NC(=O)c3ccc(NC(C)(C)CO)nc3N3CCC4(CC3)CC4)c2)CCC1. The van der Waals surface area contributed by atoms with Crippen molar-refractivity contribution in [3.8, 4) is 0 Å². The van der Waals surface area contributed by atoms with Crippen molar-refractivity contribution < 1.29 is 18.3 Å². The Morgan fingerprint density at radius 2 is 1.79 bits per heavy atom. The highest BCUT2D eigenvalue weighted by molar-refractivity contribution is 7.91. The minimum atomic E-state index is -3.46. The molecule has 2 heterocycles. The summed E-state index contributed by atoms with van der Waals surface area (Å²) in [4.78, 5) is 20.8. The van der Waals surface area contributed by atoms with E-state index in [1.165, 1.54) is 12.8 Å². The minimum Gasteiger partial charge on any atom is -0.394 e. The number of sulfone groups is 1. The zero-order chi connectivity index (χ0) is 27.2. The Kier molecular flexibility index (Phi) is 6.97. The molecule has 2 aliphatic carbocycles. The molecule has 8 nitrogen and oxygen atoms in total. The van der Waals surface area contributed by atoms with Gasteiger partial charge in [0.25, 0.3) is 5.91 Å². The van der Waals surface area contributed by atoms with Gasteiger partial charge < -0.3 is 20.6 Å².